The summed E-state index contributed by atoms with van der Waals surface area (Å²) in [6.45, 7) is 0.441. The molecule has 0 aliphatic carbocycles. The van der Waals surface area contributed by atoms with Crippen molar-refractivity contribution in [2.75, 3.05) is 4.72 Å². The Labute approximate surface area is 163 Å². The summed E-state index contributed by atoms with van der Waals surface area (Å²) >= 11 is 15.2. The number of halogens is 3. The first-order valence-electron chi connectivity index (χ1n) is 7.09. The molecule has 130 valence electrons. The fourth-order valence-corrected chi connectivity index (χ4v) is 3.72. The summed E-state index contributed by atoms with van der Waals surface area (Å²) in [5, 5.41) is 5.17. The minimum atomic E-state index is -3.69. The van der Waals surface area contributed by atoms with Crippen LogP contribution in [0.1, 0.15) is 5.56 Å². The zero-order chi connectivity index (χ0) is 18.0. The van der Waals surface area contributed by atoms with Crippen molar-refractivity contribution in [3.05, 3.63) is 74.8 Å². The van der Waals surface area contributed by atoms with Crippen molar-refractivity contribution in [1.82, 2.24) is 9.78 Å². The SMILES string of the molecule is O=S(=O)(Nc1ccn(Cc2ccc(Cl)c(Cl)c2)n1)c1ccc(Br)cc1. The second-order valence-electron chi connectivity index (χ2n) is 5.21. The Kier molecular flexibility index (Phi) is 5.38. The summed E-state index contributed by atoms with van der Waals surface area (Å²) < 4.78 is 29.6. The molecule has 0 unspecified atom stereocenters. The van der Waals surface area contributed by atoms with Gasteiger partial charge in [-0.25, -0.2) is 8.42 Å². The minimum absolute atomic E-state index is 0.162. The fraction of sp³-hybridized carbons (Fsp3) is 0.0625. The maximum atomic E-state index is 12.4. The highest BCUT2D eigenvalue weighted by Gasteiger charge is 2.15. The van der Waals surface area contributed by atoms with E-state index < -0.39 is 10.0 Å². The molecule has 0 fully saturated rings. The monoisotopic (exact) mass is 459 g/mol. The molecule has 0 spiro atoms. The first-order chi connectivity index (χ1) is 11.8. The van der Waals surface area contributed by atoms with Crippen molar-refractivity contribution in [3.8, 4) is 0 Å². The summed E-state index contributed by atoms with van der Waals surface area (Å²) in [6, 6.07) is 13.2. The van der Waals surface area contributed by atoms with Gasteiger partial charge in [-0.15, -0.1) is 0 Å². The third kappa shape index (κ3) is 4.55. The van der Waals surface area contributed by atoms with Crippen LogP contribution in [-0.4, -0.2) is 18.2 Å². The number of rotatable bonds is 5. The van der Waals surface area contributed by atoms with Gasteiger partial charge in [0.05, 0.1) is 21.5 Å². The smallest absolute Gasteiger partial charge is 0.263 e. The fourth-order valence-electron chi connectivity index (χ4n) is 2.14. The maximum Gasteiger partial charge on any atom is 0.263 e. The van der Waals surface area contributed by atoms with Crippen molar-refractivity contribution >= 4 is 55.0 Å². The number of aromatic nitrogens is 2. The third-order valence-corrected chi connectivity index (χ3v) is 5.97. The molecular formula is C16H12BrCl2N3O2S. The highest BCUT2D eigenvalue weighted by Crippen LogP contribution is 2.23. The van der Waals surface area contributed by atoms with Crippen molar-refractivity contribution in [2.45, 2.75) is 11.4 Å². The number of hydrogen-bond acceptors (Lipinski definition) is 3. The lowest BCUT2D eigenvalue weighted by molar-refractivity contribution is 0.600. The van der Waals surface area contributed by atoms with E-state index in [1.807, 2.05) is 6.07 Å². The molecule has 3 aromatic rings. The Morgan fingerprint density at radius 2 is 1.76 bits per heavy atom. The lowest BCUT2D eigenvalue weighted by atomic mass is 10.2. The van der Waals surface area contributed by atoms with Crippen molar-refractivity contribution in [2.24, 2.45) is 0 Å². The number of benzene rings is 2. The van der Waals surface area contributed by atoms with Crippen LogP contribution in [0.5, 0.6) is 0 Å². The molecule has 2 aromatic carbocycles. The van der Waals surface area contributed by atoms with Gasteiger partial charge in [-0.1, -0.05) is 45.2 Å². The Balaban J connectivity index is 1.74. The molecule has 5 nitrogen and oxygen atoms in total. The Hall–Kier alpha value is -1.54. The van der Waals surface area contributed by atoms with Crippen LogP contribution in [0.15, 0.2) is 64.1 Å². The van der Waals surface area contributed by atoms with Gasteiger partial charge < -0.3 is 0 Å². The second kappa shape index (κ2) is 7.37. The average Bonchev–Trinajstić information content (AvgIpc) is 2.97. The summed E-state index contributed by atoms with van der Waals surface area (Å²) in [7, 11) is -3.69. The number of nitrogens with one attached hydrogen (secondary N) is 1. The Morgan fingerprint density at radius 3 is 2.44 bits per heavy atom. The van der Waals surface area contributed by atoms with E-state index in [1.54, 1.807) is 41.2 Å². The van der Waals surface area contributed by atoms with Crippen LogP contribution < -0.4 is 4.72 Å². The molecule has 25 heavy (non-hydrogen) atoms. The molecule has 0 saturated heterocycles. The van der Waals surface area contributed by atoms with E-state index in [1.165, 1.54) is 12.1 Å². The van der Waals surface area contributed by atoms with E-state index in [4.69, 9.17) is 23.2 Å². The van der Waals surface area contributed by atoms with Gasteiger partial charge in [-0.3, -0.25) is 9.40 Å². The molecule has 0 bridgehead atoms. The molecule has 3 rings (SSSR count). The number of anilines is 1. The van der Waals surface area contributed by atoms with Crippen LogP contribution in [0.4, 0.5) is 5.82 Å². The van der Waals surface area contributed by atoms with E-state index >= 15 is 0 Å². The standard InChI is InChI=1S/C16H12BrCl2N3O2S/c17-12-2-4-13(5-3-12)25(23,24)21-16-7-8-22(20-16)10-11-1-6-14(18)15(19)9-11/h1-9H,10H2,(H,20,21). The summed E-state index contributed by atoms with van der Waals surface area (Å²) in [6.07, 6.45) is 1.68. The van der Waals surface area contributed by atoms with Crippen LogP contribution in [0, 0.1) is 0 Å². The van der Waals surface area contributed by atoms with Crippen LogP contribution in [0.2, 0.25) is 10.0 Å². The first-order valence-corrected chi connectivity index (χ1v) is 10.1. The van der Waals surface area contributed by atoms with Gasteiger partial charge in [-0.2, -0.15) is 5.10 Å². The van der Waals surface area contributed by atoms with E-state index in [0.29, 0.717) is 16.6 Å². The summed E-state index contributed by atoms with van der Waals surface area (Å²) in [5.41, 5.74) is 0.903. The van der Waals surface area contributed by atoms with Gasteiger partial charge >= 0.3 is 0 Å². The van der Waals surface area contributed by atoms with Crippen LogP contribution in [0.3, 0.4) is 0 Å². The molecule has 1 aromatic heterocycles. The lowest BCUT2D eigenvalue weighted by Crippen LogP contribution is -2.13. The molecular weight excluding hydrogens is 449 g/mol. The van der Waals surface area contributed by atoms with E-state index in [9.17, 15) is 8.42 Å². The van der Waals surface area contributed by atoms with E-state index in [-0.39, 0.29) is 10.7 Å². The third-order valence-electron chi connectivity index (χ3n) is 3.33. The van der Waals surface area contributed by atoms with E-state index in [2.05, 4.69) is 25.8 Å². The molecule has 0 radical (unpaired) electrons. The highest BCUT2D eigenvalue weighted by molar-refractivity contribution is 9.10. The molecule has 0 aliphatic heterocycles. The summed E-state index contributed by atoms with van der Waals surface area (Å²) in [5.74, 6) is 0.239. The van der Waals surface area contributed by atoms with E-state index in [0.717, 1.165) is 10.0 Å². The van der Waals surface area contributed by atoms with Crippen LogP contribution >= 0.6 is 39.1 Å². The normalized spacial score (nSPS) is 11.5. The molecule has 0 atom stereocenters. The predicted molar refractivity (Wildman–Crippen MR) is 103 cm³/mol. The molecule has 1 N–H and O–H groups in total. The average molecular weight is 461 g/mol. The molecule has 1 heterocycles. The quantitative estimate of drug-likeness (QED) is 0.594. The van der Waals surface area contributed by atoms with Gasteiger partial charge in [0, 0.05) is 16.7 Å². The molecule has 0 aliphatic rings. The first kappa shape index (κ1) is 18.3. The lowest BCUT2D eigenvalue weighted by Gasteiger charge is -2.06. The number of hydrogen-bond donors (Lipinski definition) is 1. The minimum Gasteiger partial charge on any atom is -0.266 e. The van der Waals surface area contributed by atoms with Crippen LogP contribution in [0.25, 0.3) is 0 Å². The molecule has 0 amide bonds. The van der Waals surface area contributed by atoms with Gasteiger partial charge in [0.2, 0.25) is 0 Å². The van der Waals surface area contributed by atoms with Crippen LogP contribution in [-0.2, 0) is 16.6 Å². The Bertz CT molecular complexity index is 1000. The second-order valence-corrected chi connectivity index (χ2v) is 8.62. The zero-order valence-corrected chi connectivity index (χ0v) is 16.6. The van der Waals surface area contributed by atoms with Gasteiger partial charge in [0.15, 0.2) is 5.82 Å². The maximum absolute atomic E-state index is 12.4. The highest BCUT2D eigenvalue weighted by atomic mass is 79.9. The van der Waals surface area contributed by atoms with Gasteiger partial charge in [0.1, 0.15) is 0 Å². The van der Waals surface area contributed by atoms with Crippen molar-refractivity contribution < 1.29 is 8.42 Å². The van der Waals surface area contributed by atoms with Crippen molar-refractivity contribution in [3.63, 3.8) is 0 Å². The topological polar surface area (TPSA) is 64.0 Å². The molecule has 9 heteroatoms. The number of nitrogens with zero attached hydrogens (tertiary/aromatic N) is 2. The number of sulfonamides is 1. The summed E-state index contributed by atoms with van der Waals surface area (Å²) in [4.78, 5) is 0.162. The Morgan fingerprint density at radius 1 is 1.04 bits per heavy atom. The predicted octanol–water partition coefficient (Wildman–Crippen LogP) is 4.80. The van der Waals surface area contributed by atoms with Crippen molar-refractivity contribution in [1.29, 1.82) is 0 Å². The molecule has 0 saturated carbocycles. The van der Waals surface area contributed by atoms with Gasteiger partial charge in [0.25, 0.3) is 10.0 Å². The zero-order valence-electron chi connectivity index (χ0n) is 12.7. The van der Waals surface area contributed by atoms with Gasteiger partial charge in [-0.05, 0) is 42.0 Å². The largest absolute Gasteiger partial charge is 0.266 e.